The van der Waals surface area contributed by atoms with E-state index in [0.29, 0.717) is 18.8 Å². The van der Waals surface area contributed by atoms with Gasteiger partial charge in [0.05, 0.1) is 5.69 Å². The summed E-state index contributed by atoms with van der Waals surface area (Å²) in [5, 5.41) is 9.92. The van der Waals surface area contributed by atoms with Gasteiger partial charge >= 0.3 is 0 Å². The largest absolute Gasteiger partial charge is 0.506 e. The Balaban J connectivity index is 1.67. The van der Waals surface area contributed by atoms with Crippen LogP contribution >= 0.6 is 22.6 Å². The molecule has 1 amide bonds. The van der Waals surface area contributed by atoms with Crippen molar-refractivity contribution in [3.05, 3.63) is 57.7 Å². The van der Waals surface area contributed by atoms with Gasteiger partial charge in [0, 0.05) is 35.3 Å². The average Bonchev–Trinajstić information content (AvgIpc) is 2.55. The van der Waals surface area contributed by atoms with Crippen LogP contribution in [0.15, 0.2) is 48.5 Å². The first-order valence-corrected chi connectivity index (χ1v) is 8.31. The van der Waals surface area contributed by atoms with E-state index in [1.165, 1.54) is 0 Å². The molecule has 1 aliphatic rings. The molecule has 5 heteroatoms. The van der Waals surface area contributed by atoms with E-state index in [9.17, 15) is 9.90 Å². The van der Waals surface area contributed by atoms with E-state index in [1.54, 1.807) is 6.07 Å². The molecule has 0 aromatic heterocycles. The number of hydrogen-bond acceptors (Lipinski definition) is 3. The summed E-state index contributed by atoms with van der Waals surface area (Å²) in [7, 11) is 0. The highest BCUT2D eigenvalue weighted by Crippen LogP contribution is 2.27. The van der Waals surface area contributed by atoms with E-state index >= 15 is 0 Å². The summed E-state index contributed by atoms with van der Waals surface area (Å²) in [4.78, 5) is 16.5. The number of aromatic hydroxyl groups is 1. The molecule has 1 N–H and O–H groups in total. The maximum atomic E-state index is 12.5. The second kappa shape index (κ2) is 6.56. The molecule has 3 rings (SSSR count). The zero-order valence-corrected chi connectivity index (χ0v) is 14.2. The third-order valence-electron chi connectivity index (χ3n) is 3.86. The Morgan fingerprint density at radius 3 is 2.41 bits per heavy atom. The Bertz CT molecular complexity index is 682. The third-order valence-corrected chi connectivity index (χ3v) is 4.53. The molecule has 0 saturated carbocycles. The molecular weight excluding hydrogens is 391 g/mol. The summed E-state index contributed by atoms with van der Waals surface area (Å²) in [6, 6.07) is 15.0. The number of halogens is 1. The zero-order chi connectivity index (χ0) is 15.5. The average molecular weight is 408 g/mol. The Hall–Kier alpha value is -1.76. The quantitative estimate of drug-likeness (QED) is 0.778. The first-order chi connectivity index (χ1) is 10.6. The number of benzene rings is 2. The van der Waals surface area contributed by atoms with Crippen molar-refractivity contribution in [2.75, 3.05) is 31.1 Å². The van der Waals surface area contributed by atoms with Crippen LogP contribution in [0.4, 0.5) is 5.69 Å². The minimum absolute atomic E-state index is 0.0791. The molecule has 2 aromatic rings. The van der Waals surface area contributed by atoms with E-state index in [4.69, 9.17) is 0 Å². The monoisotopic (exact) mass is 408 g/mol. The van der Waals surface area contributed by atoms with Gasteiger partial charge in [-0.25, -0.2) is 0 Å². The lowest BCUT2D eigenvalue weighted by Gasteiger charge is -2.36. The fourth-order valence-electron chi connectivity index (χ4n) is 2.69. The fourth-order valence-corrected chi connectivity index (χ4v) is 3.23. The van der Waals surface area contributed by atoms with E-state index in [-0.39, 0.29) is 5.91 Å². The number of phenolic OH excluding ortho intramolecular Hbond substituents is 1. The number of piperazine rings is 1. The molecule has 22 heavy (non-hydrogen) atoms. The van der Waals surface area contributed by atoms with Gasteiger partial charge in [-0.1, -0.05) is 18.2 Å². The Labute approximate surface area is 143 Å². The summed E-state index contributed by atoms with van der Waals surface area (Å²) in [5.74, 6) is 0.371. The van der Waals surface area contributed by atoms with E-state index < -0.39 is 0 Å². The smallest absolute Gasteiger partial charge is 0.254 e. The number of phenols is 1. The van der Waals surface area contributed by atoms with E-state index in [2.05, 4.69) is 27.5 Å². The van der Waals surface area contributed by atoms with Gasteiger partial charge in [0.25, 0.3) is 5.91 Å². The number of amides is 1. The Morgan fingerprint density at radius 1 is 1.00 bits per heavy atom. The van der Waals surface area contributed by atoms with Crippen LogP contribution in [0.25, 0.3) is 0 Å². The molecular formula is C17H17IN2O2. The molecule has 4 nitrogen and oxygen atoms in total. The molecule has 1 aliphatic heterocycles. The molecule has 0 bridgehead atoms. The Kier molecular flexibility index (Phi) is 4.52. The van der Waals surface area contributed by atoms with Crippen LogP contribution in [0.3, 0.4) is 0 Å². The van der Waals surface area contributed by atoms with Crippen molar-refractivity contribution in [2.45, 2.75) is 0 Å². The summed E-state index contributed by atoms with van der Waals surface area (Å²) in [5.41, 5.74) is 1.58. The predicted octanol–water partition coefficient (Wildman–Crippen LogP) is 2.96. The van der Waals surface area contributed by atoms with Crippen LogP contribution < -0.4 is 4.90 Å². The normalized spacial score (nSPS) is 15.0. The summed E-state index contributed by atoms with van der Waals surface area (Å²) < 4.78 is 1.07. The molecule has 1 saturated heterocycles. The van der Waals surface area contributed by atoms with Gasteiger partial charge in [-0.2, -0.15) is 0 Å². The number of carbonyl (C=O) groups excluding carboxylic acids is 1. The molecule has 114 valence electrons. The molecule has 0 aliphatic carbocycles. The maximum Gasteiger partial charge on any atom is 0.254 e. The van der Waals surface area contributed by atoms with Crippen molar-refractivity contribution < 1.29 is 9.90 Å². The van der Waals surface area contributed by atoms with Gasteiger partial charge in [-0.05, 0) is 52.9 Å². The number of nitrogens with zero attached hydrogens (tertiary/aromatic N) is 2. The Morgan fingerprint density at radius 2 is 1.73 bits per heavy atom. The van der Waals surface area contributed by atoms with Crippen molar-refractivity contribution in [1.82, 2.24) is 4.90 Å². The molecule has 0 atom stereocenters. The minimum Gasteiger partial charge on any atom is -0.506 e. The first-order valence-electron chi connectivity index (χ1n) is 7.23. The number of carbonyl (C=O) groups is 1. The van der Waals surface area contributed by atoms with Crippen molar-refractivity contribution in [3.63, 3.8) is 0 Å². The van der Waals surface area contributed by atoms with Gasteiger partial charge in [-0.3, -0.25) is 4.79 Å². The zero-order valence-electron chi connectivity index (χ0n) is 12.1. The first kappa shape index (κ1) is 15.1. The summed E-state index contributed by atoms with van der Waals surface area (Å²) >= 11 is 2.22. The van der Waals surface area contributed by atoms with Gasteiger partial charge in [-0.15, -0.1) is 0 Å². The molecule has 0 spiro atoms. The lowest BCUT2D eigenvalue weighted by atomic mass is 10.1. The van der Waals surface area contributed by atoms with Gasteiger partial charge in [0.15, 0.2) is 0 Å². The van der Waals surface area contributed by atoms with Crippen molar-refractivity contribution in [2.24, 2.45) is 0 Å². The van der Waals surface area contributed by atoms with Gasteiger partial charge in [0.2, 0.25) is 0 Å². The standard InChI is InChI=1S/C17H17IN2O2/c18-14-5-3-4-13(12-14)17(22)20-10-8-19(9-11-20)15-6-1-2-7-16(15)21/h1-7,12,21H,8-11H2. The van der Waals surface area contributed by atoms with Crippen LogP contribution in [-0.2, 0) is 0 Å². The van der Waals surface area contributed by atoms with Crippen LogP contribution in [-0.4, -0.2) is 42.1 Å². The van der Waals surface area contributed by atoms with E-state index in [1.807, 2.05) is 47.4 Å². The molecule has 2 aromatic carbocycles. The van der Waals surface area contributed by atoms with Gasteiger partial charge < -0.3 is 14.9 Å². The number of para-hydroxylation sites is 2. The number of hydrogen-bond donors (Lipinski definition) is 1. The van der Waals surface area contributed by atoms with Crippen LogP contribution in [0, 0.1) is 3.57 Å². The highest BCUT2D eigenvalue weighted by atomic mass is 127. The number of rotatable bonds is 2. The second-order valence-corrected chi connectivity index (χ2v) is 6.52. The number of anilines is 1. The summed E-state index contributed by atoms with van der Waals surface area (Å²) in [6.45, 7) is 2.79. The second-order valence-electron chi connectivity index (χ2n) is 5.28. The van der Waals surface area contributed by atoms with Crippen molar-refractivity contribution >= 4 is 34.2 Å². The fraction of sp³-hybridized carbons (Fsp3) is 0.235. The van der Waals surface area contributed by atoms with Crippen molar-refractivity contribution in [1.29, 1.82) is 0 Å². The molecule has 1 heterocycles. The van der Waals surface area contributed by atoms with Gasteiger partial charge in [0.1, 0.15) is 5.75 Å². The SMILES string of the molecule is O=C(c1cccc(I)c1)N1CCN(c2ccccc2O)CC1. The summed E-state index contributed by atoms with van der Waals surface area (Å²) in [6.07, 6.45) is 0. The lowest BCUT2D eigenvalue weighted by Crippen LogP contribution is -2.48. The predicted molar refractivity (Wildman–Crippen MR) is 95.4 cm³/mol. The maximum absolute atomic E-state index is 12.5. The topological polar surface area (TPSA) is 43.8 Å². The molecule has 0 unspecified atom stereocenters. The van der Waals surface area contributed by atoms with Crippen LogP contribution in [0.2, 0.25) is 0 Å². The lowest BCUT2D eigenvalue weighted by molar-refractivity contribution is 0.0746. The van der Waals surface area contributed by atoms with Crippen molar-refractivity contribution in [3.8, 4) is 5.75 Å². The highest BCUT2D eigenvalue weighted by molar-refractivity contribution is 14.1. The highest BCUT2D eigenvalue weighted by Gasteiger charge is 2.23. The van der Waals surface area contributed by atoms with E-state index in [0.717, 1.165) is 27.9 Å². The molecule has 0 radical (unpaired) electrons. The van der Waals surface area contributed by atoms with Crippen LogP contribution in [0.5, 0.6) is 5.75 Å². The molecule has 1 fully saturated rings. The minimum atomic E-state index is 0.0791. The van der Waals surface area contributed by atoms with Crippen LogP contribution in [0.1, 0.15) is 10.4 Å². The third kappa shape index (κ3) is 3.19.